The number of ether oxygens (including phenoxy) is 3. The lowest BCUT2D eigenvalue weighted by atomic mass is 10.2. The number of rotatable bonds is 11. The summed E-state index contributed by atoms with van der Waals surface area (Å²) < 4.78 is 41.1. The van der Waals surface area contributed by atoms with Crippen LogP contribution in [-0.4, -0.2) is 48.6 Å². The van der Waals surface area contributed by atoms with E-state index in [9.17, 15) is 13.5 Å². The van der Waals surface area contributed by atoms with Crippen molar-refractivity contribution in [3.05, 3.63) is 60.3 Å². The standard InChI is InChI=1S/C26H32N2O6S/c1-6-17(3)32-24(7-2)23-13-12-22(27-23)19-14-25(33-18(4)16-29)28-26(15-19)34-20-8-10-21(11-9-20)35(5,30)31/h7-15,17-18,27,29H,6,16H2,1-5H3/b24-7+/t17?,18-/m0/s1. The van der Waals surface area contributed by atoms with Crippen LogP contribution < -0.4 is 9.47 Å². The van der Waals surface area contributed by atoms with Gasteiger partial charge in [-0.15, -0.1) is 0 Å². The third kappa shape index (κ3) is 7.10. The van der Waals surface area contributed by atoms with E-state index in [1.807, 2.05) is 32.1 Å². The number of nitrogens with zero attached hydrogens (tertiary/aromatic N) is 1. The molecule has 2 atom stereocenters. The molecule has 0 saturated carbocycles. The number of hydrogen-bond acceptors (Lipinski definition) is 7. The Bertz CT molecular complexity index is 1270. The summed E-state index contributed by atoms with van der Waals surface area (Å²) in [6.45, 7) is 7.58. The molecule has 1 unspecified atom stereocenters. The van der Waals surface area contributed by atoms with Crippen LogP contribution in [0.25, 0.3) is 17.0 Å². The average molecular weight is 501 g/mol. The number of allylic oxidation sites excluding steroid dienone is 1. The molecule has 1 aromatic carbocycles. The van der Waals surface area contributed by atoms with Crippen molar-refractivity contribution in [3.8, 4) is 28.8 Å². The number of aliphatic hydroxyl groups is 1. The summed E-state index contributed by atoms with van der Waals surface area (Å²) in [4.78, 5) is 7.97. The molecule has 0 fully saturated rings. The zero-order valence-corrected chi connectivity index (χ0v) is 21.4. The van der Waals surface area contributed by atoms with E-state index >= 15 is 0 Å². The Morgan fingerprint density at radius 3 is 2.37 bits per heavy atom. The summed E-state index contributed by atoms with van der Waals surface area (Å²) in [5.74, 6) is 1.72. The first-order chi connectivity index (χ1) is 16.6. The van der Waals surface area contributed by atoms with Crippen LogP contribution >= 0.6 is 0 Å². The van der Waals surface area contributed by atoms with Gasteiger partial charge in [0.05, 0.1) is 23.3 Å². The highest BCUT2D eigenvalue weighted by molar-refractivity contribution is 7.90. The van der Waals surface area contributed by atoms with E-state index in [0.29, 0.717) is 5.75 Å². The summed E-state index contributed by atoms with van der Waals surface area (Å²) in [6, 6.07) is 13.5. The molecular weight excluding hydrogens is 468 g/mol. The molecule has 3 rings (SSSR count). The van der Waals surface area contributed by atoms with Gasteiger partial charge < -0.3 is 24.3 Å². The molecule has 2 N–H and O–H groups in total. The maximum Gasteiger partial charge on any atom is 0.223 e. The van der Waals surface area contributed by atoms with Gasteiger partial charge in [0, 0.05) is 29.6 Å². The summed E-state index contributed by atoms with van der Waals surface area (Å²) in [5, 5.41) is 9.40. The number of hydrogen-bond donors (Lipinski definition) is 2. The van der Waals surface area contributed by atoms with E-state index in [1.54, 1.807) is 31.2 Å². The number of benzene rings is 1. The molecule has 0 aliphatic carbocycles. The van der Waals surface area contributed by atoms with Crippen molar-refractivity contribution in [2.75, 3.05) is 12.9 Å². The molecule has 0 spiro atoms. The number of pyridine rings is 1. The molecule has 188 valence electrons. The van der Waals surface area contributed by atoms with E-state index in [2.05, 4.69) is 16.9 Å². The molecule has 3 aromatic rings. The van der Waals surface area contributed by atoms with Crippen molar-refractivity contribution >= 4 is 15.6 Å². The number of H-pyrrole nitrogens is 1. The van der Waals surface area contributed by atoms with Gasteiger partial charge >= 0.3 is 0 Å². The maximum absolute atomic E-state index is 11.7. The maximum atomic E-state index is 11.7. The van der Waals surface area contributed by atoms with Gasteiger partial charge in [0.1, 0.15) is 17.6 Å². The van der Waals surface area contributed by atoms with Gasteiger partial charge in [-0.1, -0.05) is 6.92 Å². The quantitative estimate of drug-likeness (QED) is 0.348. The van der Waals surface area contributed by atoms with Crippen LogP contribution in [0.5, 0.6) is 17.5 Å². The number of aliphatic hydroxyl groups excluding tert-OH is 1. The average Bonchev–Trinajstić information content (AvgIpc) is 3.32. The molecule has 2 aromatic heterocycles. The van der Waals surface area contributed by atoms with Crippen LogP contribution in [0, 0.1) is 0 Å². The van der Waals surface area contributed by atoms with Crippen molar-refractivity contribution in [1.29, 1.82) is 0 Å². The minimum absolute atomic E-state index is 0.0861. The molecule has 0 radical (unpaired) electrons. The molecule has 0 amide bonds. The second-order valence-corrected chi connectivity index (χ2v) is 10.3. The van der Waals surface area contributed by atoms with E-state index < -0.39 is 15.9 Å². The Morgan fingerprint density at radius 2 is 1.77 bits per heavy atom. The van der Waals surface area contributed by atoms with Crippen LogP contribution in [0.3, 0.4) is 0 Å². The zero-order chi connectivity index (χ0) is 25.6. The first-order valence-corrected chi connectivity index (χ1v) is 13.3. The minimum Gasteiger partial charge on any atom is -0.489 e. The van der Waals surface area contributed by atoms with Crippen LogP contribution in [0.15, 0.2) is 59.5 Å². The Morgan fingerprint density at radius 1 is 1.09 bits per heavy atom. The Hall–Kier alpha value is -3.30. The third-order valence-corrected chi connectivity index (χ3v) is 6.39. The zero-order valence-electron chi connectivity index (χ0n) is 20.6. The van der Waals surface area contributed by atoms with E-state index in [-0.39, 0.29) is 29.4 Å². The Labute approximate surface area is 206 Å². The fraction of sp³-hybridized carbons (Fsp3) is 0.346. The second kappa shape index (κ2) is 11.4. The van der Waals surface area contributed by atoms with Crippen molar-refractivity contribution in [2.24, 2.45) is 0 Å². The second-order valence-electron chi connectivity index (χ2n) is 8.26. The minimum atomic E-state index is -3.31. The van der Waals surface area contributed by atoms with E-state index in [4.69, 9.17) is 14.2 Å². The van der Waals surface area contributed by atoms with Gasteiger partial charge in [-0.25, -0.2) is 8.42 Å². The van der Waals surface area contributed by atoms with Crippen molar-refractivity contribution in [1.82, 2.24) is 9.97 Å². The monoisotopic (exact) mass is 500 g/mol. The van der Waals surface area contributed by atoms with Crippen molar-refractivity contribution in [3.63, 3.8) is 0 Å². The van der Waals surface area contributed by atoms with Crippen LogP contribution in [0.2, 0.25) is 0 Å². The lowest BCUT2D eigenvalue weighted by molar-refractivity contribution is 0.124. The van der Waals surface area contributed by atoms with Gasteiger partial charge in [-0.05, 0) is 69.7 Å². The van der Waals surface area contributed by atoms with Crippen LogP contribution in [0.1, 0.15) is 39.8 Å². The van der Waals surface area contributed by atoms with Crippen molar-refractivity contribution < 1.29 is 27.7 Å². The van der Waals surface area contributed by atoms with Gasteiger partial charge in [0.2, 0.25) is 11.8 Å². The fourth-order valence-electron chi connectivity index (χ4n) is 3.16. The first kappa shape index (κ1) is 26.3. The molecule has 35 heavy (non-hydrogen) atoms. The number of aromatic nitrogens is 2. The summed E-state index contributed by atoms with van der Waals surface area (Å²) >= 11 is 0. The van der Waals surface area contributed by atoms with Crippen LogP contribution in [-0.2, 0) is 14.6 Å². The SMILES string of the molecule is C/C=C(/OC(C)CC)c1ccc(-c2cc(Oc3ccc(S(C)(=O)=O)cc3)nc(O[C@@H](C)CO)c2)[nH]1. The molecule has 9 heteroatoms. The Balaban J connectivity index is 1.94. The van der Waals surface area contributed by atoms with Gasteiger partial charge in [-0.3, -0.25) is 0 Å². The summed E-state index contributed by atoms with van der Waals surface area (Å²) in [6.07, 6.45) is 3.59. The van der Waals surface area contributed by atoms with Crippen molar-refractivity contribution in [2.45, 2.75) is 51.2 Å². The highest BCUT2D eigenvalue weighted by Crippen LogP contribution is 2.31. The molecule has 8 nitrogen and oxygen atoms in total. The highest BCUT2D eigenvalue weighted by Gasteiger charge is 2.14. The topological polar surface area (TPSA) is 111 Å². The van der Waals surface area contributed by atoms with Gasteiger partial charge in [-0.2, -0.15) is 4.98 Å². The summed E-state index contributed by atoms with van der Waals surface area (Å²) in [5.41, 5.74) is 2.39. The number of nitrogens with one attached hydrogen (secondary N) is 1. The first-order valence-electron chi connectivity index (χ1n) is 11.4. The lowest BCUT2D eigenvalue weighted by Crippen LogP contribution is -2.17. The fourth-order valence-corrected chi connectivity index (χ4v) is 3.79. The largest absolute Gasteiger partial charge is 0.489 e. The van der Waals surface area contributed by atoms with Gasteiger partial charge in [0.15, 0.2) is 9.84 Å². The molecule has 0 aliphatic heterocycles. The van der Waals surface area contributed by atoms with E-state index in [1.165, 1.54) is 12.1 Å². The number of aromatic amines is 1. The highest BCUT2D eigenvalue weighted by atomic mass is 32.2. The molecule has 0 aliphatic rings. The molecular formula is C26H32N2O6S. The third-order valence-electron chi connectivity index (χ3n) is 5.26. The smallest absolute Gasteiger partial charge is 0.223 e. The van der Waals surface area contributed by atoms with Gasteiger partial charge in [0.25, 0.3) is 0 Å². The molecule has 0 saturated heterocycles. The molecule has 2 heterocycles. The van der Waals surface area contributed by atoms with Crippen LogP contribution in [0.4, 0.5) is 0 Å². The molecule has 0 bridgehead atoms. The normalized spacial score (nSPS) is 13.8. The summed E-state index contributed by atoms with van der Waals surface area (Å²) in [7, 11) is -3.31. The predicted molar refractivity (Wildman–Crippen MR) is 135 cm³/mol. The number of sulfone groups is 1. The lowest BCUT2D eigenvalue weighted by Gasteiger charge is -2.15. The predicted octanol–water partition coefficient (Wildman–Crippen LogP) is 5.21. The Kier molecular flexibility index (Phi) is 8.58. The van der Waals surface area contributed by atoms with E-state index in [0.717, 1.165) is 35.4 Å².